The fraction of sp³-hybridized carbons (Fsp3) is 1.00. The Labute approximate surface area is 127 Å². The van der Waals surface area contributed by atoms with Crippen molar-refractivity contribution in [2.45, 2.75) is 53.0 Å². The van der Waals surface area contributed by atoms with Crippen molar-refractivity contribution in [3.8, 4) is 0 Å². The number of hydrogen-bond donors (Lipinski definition) is 2. The molecule has 1 unspecified atom stereocenters. The second-order valence-electron chi connectivity index (χ2n) is 6.25. The molecule has 0 bridgehead atoms. The SMILES string of the molecule is C[As+](C)(C)C[C@H]1O[C@@H](OCC([OH2+])CS(=O)(=O)[O-])[C@H](O)[C@@H]1O. The first-order valence-electron chi connectivity index (χ1n) is 6.47. The molecule has 1 rings (SSSR count). The molecule has 5 atom stereocenters. The van der Waals surface area contributed by atoms with E-state index in [1.54, 1.807) is 0 Å². The molecule has 1 aliphatic rings. The van der Waals surface area contributed by atoms with Crippen LogP contribution in [-0.2, 0) is 19.6 Å². The molecule has 10 heteroatoms. The van der Waals surface area contributed by atoms with Crippen molar-refractivity contribution in [2.24, 2.45) is 0 Å². The van der Waals surface area contributed by atoms with E-state index in [-0.39, 0.29) is 6.61 Å². The number of rotatable bonds is 7. The average Bonchev–Trinajstić information content (AvgIpc) is 2.50. The third-order valence-electron chi connectivity index (χ3n) is 2.91. The van der Waals surface area contributed by atoms with E-state index in [1.165, 1.54) is 0 Å². The minimum absolute atomic E-state index is 0.363. The van der Waals surface area contributed by atoms with Gasteiger partial charge in [-0.15, -0.1) is 0 Å². The molecule has 1 saturated heterocycles. The van der Waals surface area contributed by atoms with E-state index in [9.17, 15) is 23.2 Å². The molecule has 0 aliphatic carbocycles. The maximum absolute atomic E-state index is 10.5. The van der Waals surface area contributed by atoms with Gasteiger partial charge in [-0.25, -0.2) is 0 Å². The molecule has 0 amide bonds. The van der Waals surface area contributed by atoms with Crippen LogP contribution in [0.3, 0.4) is 0 Å². The van der Waals surface area contributed by atoms with E-state index in [0.29, 0.717) is 5.21 Å². The summed E-state index contributed by atoms with van der Waals surface area (Å²) < 4.78 is 42.1. The quantitative estimate of drug-likeness (QED) is 0.304. The van der Waals surface area contributed by atoms with Gasteiger partial charge in [0, 0.05) is 0 Å². The summed E-state index contributed by atoms with van der Waals surface area (Å²) in [5, 5.41) is 27.9. The van der Waals surface area contributed by atoms with Crippen molar-refractivity contribution in [2.75, 3.05) is 12.4 Å². The fourth-order valence-corrected chi connectivity index (χ4v) is 5.54. The first-order chi connectivity index (χ1) is 9.39. The van der Waals surface area contributed by atoms with Gasteiger partial charge < -0.3 is 0 Å². The van der Waals surface area contributed by atoms with Crippen LogP contribution < -0.4 is 0 Å². The van der Waals surface area contributed by atoms with Crippen LogP contribution in [0.4, 0.5) is 0 Å². The van der Waals surface area contributed by atoms with Crippen LogP contribution in [0.25, 0.3) is 0 Å². The molecule has 4 N–H and O–H groups in total. The molecule has 21 heavy (non-hydrogen) atoms. The Kier molecular flexibility index (Phi) is 6.65. The molecule has 0 aromatic rings. The summed E-state index contributed by atoms with van der Waals surface area (Å²) in [6.07, 6.45) is -5.19. The fourth-order valence-electron chi connectivity index (χ4n) is 2.05. The van der Waals surface area contributed by atoms with Gasteiger partial charge in [0.2, 0.25) is 0 Å². The monoisotopic (exact) mass is 391 g/mol. The van der Waals surface area contributed by atoms with Gasteiger partial charge >= 0.3 is 127 Å². The zero-order valence-corrected chi connectivity index (χ0v) is 15.0. The Morgan fingerprint density at radius 1 is 1.33 bits per heavy atom. The van der Waals surface area contributed by atoms with Crippen LogP contribution >= 0.6 is 0 Å². The van der Waals surface area contributed by atoms with Gasteiger partial charge in [0.05, 0.1) is 0 Å². The second-order valence-corrected chi connectivity index (χ2v) is 18.1. The van der Waals surface area contributed by atoms with Crippen LogP contribution in [0.2, 0.25) is 22.3 Å². The van der Waals surface area contributed by atoms with E-state index in [1.807, 2.05) is 0 Å². The summed E-state index contributed by atoms with van der Waals surface area (Å²) in [6, 6.07) is 0. The van der Waals surface area contributed by atoms with Gasteiger partial charge in [-0.05, 0) is 0 Å². The topological polar surface area (TPSA) is 139 Å². The molecule has 0 aromatic carbocycles. The minimum atomic E-state index is -4.49. The molecule has 1 fully saturated rings. The zero-order chi connectivity index (χ0) is 16.4. The predicted octanol–water partition coefficient (Wildman–Crippen LogP) is -1.57. The average molecular weight is 391 g/mol. The third-order valence-corrected chi connectivity index (χ3v) is 6.78. The molecule has 0 radical (unpaired) electrons. The summed E-state index contributed by atoms with van der Waals surface area (Å²) >= 11 is -1.84. The molecule has 1 heterocycles. The Morgan fingerprint density at radius 2 is 1.90 bits per heavy atom. The van der Waals surface area contributed by atoms with Gasteiger partial charge in [-0.3, -0.25) is 0 Å². The summed E-state index contributed by atoms with van der Waals surface area (Å²) in [4.78, 5) is 0. The van der Waals surface area contributed by atoms with Gasteiger partial charge in [0.1, 0.15) is 0 Å². The molecule has 1 aliphatic heterocycles. The summed E-state index contributed by atoms with van der Waals surface area (Å²) in [5.41, 5.74) is 6.40. The van der Waals surface area contributed by atoms with Crippen molar-refractivity contribution >= 4 is 23.7 Å². The van der Waals surface area contributed by atoms with Gasteiger partial charge in [0.15, 0.2) is 0 Å². The molecular weight excluding hydrogens is 367 g/mol. The Bertz CT molecular complexity index is 434. The normalized spacial score (nSPS) is 32.3. The Morgan fingerprint density at radius 3 is 2.38 bits per heavy atom. The van der Waals surface area contributed by atoms with Crippen LogP contribution in [0.15, 0.2) is 0 Å². The predicted molar refractivity (Wildman–Crippen MR) is 76.7 cm³/mol. The number of aliphatic hydroxyl groups is 2. The molecule has 8 nitrogen and oxygen atoms in total. The Hall–Kier alpha value is 0.268. The van der Waals surface area contributed by atoms with Crippen LogP contribution in [0.5, 0.6) is 0 Å². The summed E-state index contributed by atoms with van der Waals surface area (Å²) in [6.45, 7) is -0.363. The van der Waals surface area contributed by atoms with Crippen LogP contribution in [-0.4, -0.2) is 84.9 Å². The summed E-state index contributed by atoms with van der Waals surface area (Å²) in [5.74, 6) is -0.863. The summed E-state index contributed by atoms with van der Waals surface area (Å²) in [7, 11) is -4.49. The zero-order valence-electron chi connectivity index (χ0n) is 12.3. The second kappa shape index (κ2) is 7.23. The molecule has 126 valence electrons. The van der Waals surface area contributed by atoms with Gasteiger partial charge in [-0.2, -0.15) is 0 Å². The van der Waals surface area contributed by atoms with E-state index in [4.69, 9.17) is 14.6 Å². The van der Waals surface area contributed by atoms with E-state index in [2.05, 4.69) is 17.1 Å². The van der Waals surface area contributed by atoms with Gasteiger partial charge in [0.25, 0.3) is 0 Å². The van der Waals surface area contributed by atoms with E-state index < -0.39 is 60.1 Å². The van der Waals surface area contributed by atoms with Crippen molar-refractivity contribution in [1.82, 2.24) is 0 Å². The van der Waals surface area contributed by atoms with Crippen molar-refractivity contribution < 1.29 is 37.8 Å². The number of aliphatic hydroxyl groups excluding tert-OH is 2. The Balaban J connectivity index is 2.50. The third kappa shape index (κ3) is 6.92. The van der Waals surface area contributed by atoms with Crippen molar-refractivity contribution in [1.29, 1.82) is 0 Å². The maximum atomic E-state index is 10.5. The first-order valence-corrected chi connectivity index (χ1v) is 15.0. The van der Waals surface area contributed by atoms with Crippen molar-refractivity contribution in [3.63, 3.8) is 0 Å². The van der Waals surface area contributed by atoms with Crippen molar-refractivity contribution in [3.05, 3.63) is 0 Å². The van der Waals surface area contributed by atoms with Crippen LogP contribution in [0.1, 0.15) is 0 Å². The van der Waals surface area contributed by atoms with E-state index in [0.717, 1.165) is 0 Å². The van der Waals surface area contributed by atoms with Crippen LogP contribution in [0, 0.1) is 0 Å². The molecule has 0 saturated carbocycles. The number of ether oxygens (including phenoxy) is 2. The molecule has 0 aromatic heterocycles. The van der Waals surface area contributed by atoms with Gasteiger partial charge in [-0.1, -0.05) is 0 Å². The molecule has 0 spiro atoms. The standard InChI is InChI=1S/C11H23AsO8S/c1-12(2,3)4-8-9(14)10(15)11(20-8)19-5-7(13)6-21(16,17)18/h7-11,13-15H,4-6H2,1-3H3/p+1/t7?,8-,9-,10-,11-/m1/s1. The first kappa shape index (κ1) is 19.3. The van der Waals surface area contributed by atoms with E-state index >= 15 is 0 Å². The molecular formula is C11H24AsO8S+. The number of hydrogen-bond acceptors (Lipinski definition) is 7.